The second kappa shape index (κ2) is 9.16. The number of nitrogens with one attached hydrogen (secondary N) is 1. The quantitative estimate of drug-likeness (QED) is 0.422. The van der Waals surface area contributed by atoms with Gasteiger partial charge in [-0.05, 0) is 42.7 Å². The lowest BCUT2D eigenvalue weighted by atomic mass is 9.99. The number of aromatic amines is 1. The normalized spacial score (nSPS) is 13.0. The Morgan fingerprint density at radius 2 is 2.14 bits per heavy atom. The summed E-state index contributed by atoms with van der Waals surface area (Å²) in [5, 5.41) is 26.3. The minimum atomic E-state index is -0.728. The number of H-pyrrole nitrogens is 1. The molecule has 1 aliphatic rings. The number of pyridine rings is 1. The summed E-state index contributed by atoms with van der Waals surface area (Å²) in [5.41, 5.74) is 3.31. The van der Waals surface area contributed by atoms with Crippen molar-refractivity contribution in [3.05, 3.63) is 77.0 Å². The maximum atomic E-state index is 15.7. The van der Waals surface area contributed by atoms with E-state index in [0.29, 0.717) is 38.9 Å². The summed E-state index contributed by atoms with van der Waals surface area (Å²) in [6.07, 6.45) is 4.70. The van der Waals surface area contributed by atoms with Gasteiger partial charge in [-0.1, -0.05) is 12.1 Å². The van der Waals surface area contributed by atoms with Crippen LogP contribution < -0.4 is 4.74 Å². The van der Waals surface area contributed by atoms with Gasteiger partial charge in [-0.2, -0.15) is 10.4 Å². The van der Waals surface area contributed by atoms with Crippen LogP contribution in [0.4, 0.5) is 4.39 Å². The topological polar surface area (TPSA) is 115 Å². The molecule has 4 aromatic rings. The van der Waals surface area contributed by atoms with Crippen LogP contribution in [0.25, 0.3) is 22.0 Å². The van der Waals surface area contributed by atoms with Crippen molar-refractivity contribution >= 4 is 16.8 Å². The minimum Gasteiger partial charge on any atom is -0.487 e. The van der Waals surface area contributed by atoms with Crippen LogP contribution in [0, 0.1) is 17.1 Å². The van der Waals surface area contributed by atoms with E-state index in [1.165, 1.54) is 11.0 Å². The van der Waals surface area contributed by atoms with Gasteiger partial charge in [-0.3, -0.25) is 14.9 Å². The highest BCUT2D eigenvalue weighted by atomic mass is 19.1. The first-order chi connectivity index (χ1) is 17.0. The number of halogens is 1. The molecule has 1 saturated carbocycles. The number of ether oxygens (including phenoxy) is 1. The SMILES string of the molecule is CN(Cc1cnc(CO)c2cn[nH]c12)C(=O)c1ccc(-c2cccc(C#N)c2)c(OC2CC2)c1F. The lowest BCUT2D eigenvalue weighted by molar-refractivity contribution is 0.0779. The Balaban J connectivity index is 1.48. The number of nitrogens with zero attached hydrogens (tertiary/aromatic N) is 4. The van der Waals surface area contributed by atoms with Crippen molar-refractivity contribution in [1.29, 1.82) is 5.26 Å². The average molecular weight is 471 g/mol. The largest absolute Gasteiger partial charge is 0.487 e. The van der Waals surface area contributed by atoms with E-state index in [-0.39, 0.29) is 30.6 Å². The number of nitriles is 1. The Kier molecular flexibility index (Phi) is 5.89. The highest BCUT2D eigenvalue weighted by Gasteiger charge is 2.29. The number of carbonyl (C=O) groups excluding carboxylic acids is 1. The molecule has 2 N–H and O–H groups in total. The number of aliphatic hydroxyl groups is 1. The molecule has 0 unspecified atom stereocenters. The van der Waals surface area contributed by atoms with E-state index in [0.717, 1.165) is 12.8 Å². The molecule has 1 aliphatic carbocycles. The number of carbonyl (C=O) groups is 1. The van der Waals surface area contributed by atoms with Gasteiger partial charge >= 0.3 is 0 Å². The Hall–Kier alpha value is -4.29. The molecular weight excluding hydrogens is 449 g/mol. The van der Waals surface area contributed by atoms with Crippen LogP contribution in [0.3, 0.4) is 0 Å². The Labute approximate surface area is 200 Å². The molecule has 35 heavy (non-hydrogen) atoms. The van der Waals surface area contributed by atoms with E-state index in [2.05, 4.69) is 21.3 Å². The zero-order valence-electron chi connectivity index (χ0n) is 19.0. The second-order valence-electron chi connectivity index (χ2n) is 8.52. The summed E-state index contributed by atoms with van der Waals surface area (Å²) in [4.78, 5) is 18.9. The third-order valence-electron chi connectivity index (χ3n) is 5.99. The van der Waals surface area contributed by atoms with Crippen LogP contribution in [0.1, 0.15) is 40.0 Å². The van der Waals surface area contributed by atoms with Crippen molar-refractivity contribution in [2.45, 2.75) is 32.1 Å². The van der Waals surface area contributed by atoms with Crippen LogP contribution in [-0.2, 0) is 13.2 Å². The van der Waals surface area contributed by atoms with Gasteiger partial charge in [0.05, 0.1) is 47.3 Å². The first-order valence-corrected chi connectivity index (χ1v) is 11.2. The molecule has 0 aliphatic heterocycles. The highest BCUT2D eigenvalue weighted by Crippen LogP contribution is 2.39. The molecule has 9 heteroatoms. The fourth-order valence-corrected chi connectivity index (χ4v) is 3.99. The molecule has 1 fully saturated rings. The standard InChI is InChI=1S/C26H22FN5O3/c1-32(13-17-11-29-22(14-33)21-12-30-31-24(17)21)26(34)20-8-7-19(16-4-2-3-15(9-16)10-28)25(23(20)27)35-18-5-6-18/h2-4,7-9,11-12,18,33H,5-6,13-14H2,1H3,(H,30,31). The molecule has 5 rings (SSSR count). The van der Waals surface area contributed by atoms with Crippen LogP contribution in [0.5, 0.6) is 5.75 Å². The molecule has 0 bridgehead atoms. The van der Waals surface area contributed by atoms with E-state index in [9.17, 15) is 15.2 Å². The third-order valence-corrected chi connectivity index (χ3v) is 5.99. The van der Waals surface area contributed by atoms with E-state index in [4.69, 9.17) is 4.74 Å². The smallest absolute Gasteiger partial charge is 0.257 e. The predicted molar refractivity (Wildman–Crippen MR) is 126 cm³/mol. The molecule has 0 radical (unpaired) electrons. The first kappa shape index (κ1) is 22.5. The van der Waals surface area contributed by atoms with Gasteiger partial charge in [-0.25, -0.2) is 4.39 Å². The summed E-state index contributed by atoms with van der Waals surface area (Å²) < 4.78 is 21.6. The van der Waals surface area contributed by atoms with Crippen LogP contribution >= 0.6 is 0 Å². The number of aliphatic hydroxyl groups excluding tert-OH is 1. The molecule has 176 valence electrons. The molecule has 1 amide bonds. The summed E-state index contributed by atoms with van der Waals surface area (Å²) in [6, 6.07) is 12.0. The Morgan fingerprint density at radius 1 is 1.31 bits per heavy atom. The first-order valence-electron chi connectivity index (χ1n) is 11.2. The lowest BCUT2D eigenvalue weighted by Crippen LogP contribution is -2.27. The molecule has 8 nitrogen and oxygen atoms in total. The summed E-state index contributed by atoms with van der Waals surface area (Å²) in [5.74, 6) is -1.22. The van der Waals surface area contributed by atoms with Crippen molar-refractivity contribution in [3.8, 4) is 22.9 Å². The van der Waals surface area contributed by atoms with E-state index >= 15 is 4.39 Å². The van der Waals surface area contributed by atoms with Crippen LogP contribution in [0.15, 0.2) is 48.8 Å². The average Bonchev–Trinajstić information content (AvgIpc) is 3.56. The van der Waals surface area contributed by atoms with Gasteiger partial charge in [-0.15, -0.1) is 0 Å². The summed E-state index contributed by atoms with van der Waals surface area (Å²) >= 11 is 0. The zero-order chi connectivity index (χ0) is 24.5. The number of hydrogen-bond acceptors (Lipinski definition) is 6. The molecule has 0 saturated heterocycles. The van der Waals surface area contributed by atoms with Gasteiger partial charge in [0, 0.05) is 36.3 Å². The van der Waals surface area contributed by atoms with Crippen LogP contribution in [0.2, 0.25) is 0 Å². The molecule has 2 aromatic carbocycles. The second-order valence-corrected chi connectivity index (χ2v) is 8.52. The van der Waals surface area contributed by atoms with Crippen LogP contribution in [-0.4, -0.2) is 44.2 Å². The maximum Gasteiger partial charge on any atom is 0.257 e. The van der Waals surface area contributed by atoms with Crippen molar-refractivity contribution in [3.63, 3.8) is 0 Å². The number of amides is 1. The lowest BCUT2D eigenvalue weighted by Gasteiger charge is -2.20. The fourth-order valence-electron chi connectivity index (χ4n) is 3.99. The van der Waals surface area contributed by atoms with E-state index in [1.807, 2.05) is 0 Å². The Bertz CT molecular complexity index is 1470. The number of rotatable bonds is 7. The molecule has 0 atom stereocenters. The molecule has 2 aromatic heterocycles. The Morgan fingerprint density at radius 3 is 2.89 bits per heavy atom. The highest BCUT2D eigenvalue weighted by molar-refractivity contribution is 5.96. The third kappa shape index (κ3) is 4.32. The minimum absolute atomic E-state index is 0.0202. The monoisotopic (exact) mass is 471 g/mol. The number of aromatic nitrogens is 3. The van der Waals surface area contributed by atoms with Crippen molar-refractivity contribution in [1.82, 2.24) is 20.1 Å². The molecule has 2 heterocycles. The maximum absolute atomic E-state index is 15.7. The van der Waals surface area contributed by atoms with Crippen molar-refractivity contribution < 1.29 is 19.0 Å². The molecule has 0 spiro atoms. The summed E-state index contributed by atoms with van der Waals surface area (Å²) in [6.45, 7) is -0.0792. The number of fused-ring (bicyclic) bond motifs is 1. The number of benzene rings is 2. The predicted octanol–water partition coefficient (Wildman–Crippen LogP) is 3.94. The van der Waals surface area contributed by atoms with E-state index in [1.54, 1.807) is 49.8 Å². The van der Waals surface area contributed by atoms with E-state index < -0.39 is 11.7 Å². The molecular formula is C26H22FN5O3. The van der Waals surface area contributed by atoms with Crippen molar-refractivity contribution in [2.75, 3.05) is 7.05 Å². The van der Waals surface area contributed by atoms with Gasteiger partial charge in [0.2, 0.25) is 0 Å². The summed E-state index contributed by atoms with van der Waals surface area (Å²) in [7, 11) is 1.58. The number of hydrogen-bond donors (Lipinski definition) is 2. The van der Waals surface area contributed by atoms with Crippen molar-refractivity contribution in [2.24, 2.45) is 0 Å². The van der Waals surface area contributed by atoms with Gasteiger partial charge < -0.3 is 14.7 Å². The van der Waals surface area contributed by atoms with Gasteiger partial charge in [0.25, 0.3) is 5.91 Å². The zero-order valence-corrected chi connectivity index (χ0v) is 19.0. The fraction of sp³-hybridized carbons (Fsp3) is 0.231. The van der Waals surface area contributed by atoms with Gasteiger partial charge in [0.15, 0.2) is 11.6 Å². The van der Waals surface area contributed by atoms with Gasteiger partial charge in [0.1, 0.15) is 0 Å².